The highest BCUT2D eigenvalue weighted by atomic mass is 16.6. The average Bonchev–Trinajstić information content (AvgIpc) is 2.93. The van der Waals surface area contributed by atoms with E-state index in [4.69, 9.17) is 4.74 Å². The van der Waals surface area contributed by atoms with Crippen molar-refractivity contribution in [3.8, 4) is 0 Å². The molecule has 3 heterocycles. The van der Waals surface area contributed by atoms with Gasteiger partial charge in [-0.25, -0.2) is 4.79 Å². The first-order chi connectivity index (χ1) is 9.33. The smallest absolute Gasteiger partial charge is 0.410 e. The lowest BCUT2D eigenvalue weighted by Gasteiger charge is -2.42. The van der Waals surface area contributed by atoms with Crippen LogP contribution in [0.3, 0.4) is 0 Å². The van der Waals surface area contributed by atoms with E-state index in [-0.39, 0.29) is 12.1 Å². The largest absolute Gasteiger partial charge is 0.447 e. The normalized spacial score (nSPS) is 33.4. The third-order valence-corrected chi connectivity index (χ3v) is 4.76. The molecule has 4 nitrogen and oxygen atoms in total. The Morgan fingerprint density at radius 2 is 2.00 bits per heavy atom. The van der Waals surface area contributed by atoms with E-state index < -0.39 is 0 Å². The van der Waals surface area contributed by atoms with Crippen molar-refractivity contribution in [1.82, 2.24) is 9.80 Å². The summed E-state index contributed by atoms with van der Waals surface area (Å²) in [6, 6.07) is 11.9. The molecule has 1 amide bonds. The van der Waals surface area contributed by atoms with E-state index in [2.05, 4.69) is 35.2 Å². The van der Waals surface area contributed by atoms with Gasteiger partial charge in [-0.3, -0.25) is 9.80 Å². The number of carbonyl (C=O) groups excluding carboxylic acids is 1. The van der Waals surface area contributed by atoms with Crippen molar-refractivity contribution in [3.63, 3.8) is 0 Å². The van der Waals surface area contributed by atoms with Gasteiger partial charge in [-0.1, -0.05) is 30.3 Å². The fraction of sp³-hybridized carbons (Fsp3) is 0.533. The van der Waals surface area contributed by atoms with E-state index in [9.17, 15) is 4.79 Å². The lowest BCUT2D eigenvalue weighted by Crippen LogP contribution is -2.58. The molecular weight excluding hydrogens is 240 g/mol. The second kappa shape index (κ2) is 4.23. The summed E-state index contributed by atoms with van der Waals surface area (Å²) in [6.07, 6.45) is 2.29. The molecule has 100 valence electrons. The molecule has 0 spiro atoms. The molecule has 2 bridgehead atoms. The van der Waals surface area contributed by atoms with Crippen LogP contribution in [0.2, 0.25) is 0 Å². The van der Waals surface area contributed by atoms with Gasteiger partial charge in [0.1, 0.15) is 6.61 Å². The van der Waals surface area contributed by atoms with Crippen LogP contribution < -0.4 is 0 Å². The Kier molecular flexibility index (Phi) is 2.52. The predicted molar refractivity (Wildman–Crippen MR) is 70.6 cm³/mol. The Balaban J connectivity index is 1.57. The van der Waals surface area contributed by atoms with Crippen LogP contribution in [0.4, 0.5) is 4.79 Å². The van der Waals surface area contributed by atoms with E-state index in [1.165, 1.54) is 18.4 Å². The number of amides is 1. The SMILES string of the molecule is O=C1OC[C@@H]2[C@@H]3CC[C@H](CN12)N3Cc1ccccc1. The van der Waals surface area contributed by atoms with E-state index in [1.807, 2.05) is 4.90 Å². The van der Waals surface area contributed by atoms with Crippen molar-refractivity contribution in [1.29, 1.82) is 0 Å². The molecule has 19 heavy (non-hydrogen) atoms. The van der Waals surface area contributed by atoms with E-state index >= 15 is 0 Å². The molecule has 1 aromatic carbocycles. The topological polar surface area (TPSA) is 32.8 Å². The van der Waals surface area contributed by atoms with E-state index in [0.717, 1.165) is 13.1 Å². The van der Waals surface area contributed by atoms with Crippen molar-refractivity contribution in [2.24, 2.45) is 0 Å². The van der Waals surface area contributed by atoms with Crippen molar-refractivity contribution in [3.05, 3.63) is 35.9 Å². The summed E-state index contributed by atoms with van der Waals surface area (Å²) in [5.41, 5.74) is 1.36. The third-order valence-electron chi connectivity index (χ3n) is 4.76. The van der Waals surface area contributed by atoms with E-state index in [0.29, 0.717) is 18.7 Å². The Hall–Kier alpha value is -1.55. The minimum Gasteiger partial charge on any atom is -0.447 e. The van der Waals surface area contributed by atoms with Crippen LogP contribution in [0.5, 0.6) is 0 Å². The fourth-order valence-corrected chi connectivity index (χ4v) is 3.84. The van der Waals surface area contributed by atoms with Gasteiger partial charge in [0.2, 0.25) is 0 Å². The maximum Gasteiger partial charge on any atom is 0.410 e. The molecule has 3 saturated heterocycles. The number of rotatable bonds is 2. The van der Waals surface area contributed by atoms with Crippen LogP contribution in [0.25, 0.3) is 0 Å². The molecule has 3 atom stereocenters. The quantitative estimate of drug-likeness (QED) is 0.811. The number of hydrogen-bond acceptors (Lipinski definition) is 3. The summed E-state index contributed by atoms with van der Waals surface area (Å²) < 4.78 is 5.21. The van der Waals surface area contributed by atoms with E-state index in [1.54, 1.807) is 0 Å². The molecule has 1 aromatic rings. The zero-order valence-corrected chi connectivity index (χ0v) is 10.9. The number of piperazine rings is 1. The number of ether oxygens (including phenoxy) is 1. The molecular formula is C15H18N2O2. The number of hydrogen-bond donors (Lipinski definition) is 0. The van der Waals surface area contributed by atoms with Gasteiger partial charge in [-0.15, -0.1) is 0 Å². The van der Waals surface area contributed by atoms with Crippen molar-refractivity contribution in [2.75, 3.05) is 13.2 Å². The van der Waals surface area contributed by atoms with Crippen LogP contribution in [-0.2, 0) is 11.3 Å². The fourth-order valence-electron chi connectivity index (χ4n) is 3.84. The Bertz CT molecular complexity index is 490. The standard InChI is InChI=1S/C15H18N2O2/c18-15-17-9-12-6-7-13(14(17)10-19-15)16(12)8-11-4-2-1-3-5-11/h1-5,12-14H,6-10H2/t12-,13+,14-/m1/s1. The molecule has 3 aliphatic heterocycles. The molecule has 3 aliphatic rings. The predicted octanol–water partition coefficient (Wildman–Crippen LogP) is 1.85. The highest BCUT2D eigenvalue weighted by Crippen LogP contribution is 2.37. The lowest BCUT2D eigenvalue weighted by atomic mass is 10.0. The first kappa shape index (κ1) is 11.3. The van der Waals surface area contributed by atoms with Crippen LogP contribution in [0.15, 0.2) is 30.3 Å². The summed E-state index contributed by atoms with van der Waals surface area (Å²) in [4.78, 5) is 16.2. The van der Waals surface area contributed by atoms with Crippen LogP contribution in [0, 0.1) is 0 Å². The van der Waals surface area contributed by atoms with Crippen molar-refractivity contribution in [2.45, 2.75) is 37.5 Å². The van der Waals surface area contributed by atoms with Gasteiger partial charge in [0.05, 0.1) is 6.04 Å². The van der Waals surface area contributed by atoms with Gasteiger partial charge in [0, 0.05) is 25.2 Å². The van der Waals surface area contributed by atoms with Gasteiger partial charge >= 0.3 is 6.09 Å². The van der Waals surface area contributed by atoms with Crippen LogP contribution in [0.1, 0.15) is 18.4 Å². The minimum atomic E-state index is -0.110. The van der Waals surface area contributed by atoms with Crippen molar-refractivity contribution >= 4 is 6.09 Å². The number of benzene rings is 1. The van der Waals surface area contributed by atoms with Crippen LogP contribution in [-0.4, -0.2) is 47.2 Å². The highest BCUT2D eigenvalue weighted by molar-refractivity contribution is 5.70. The maximum atomic E-state index is 11.7. The maximum absolute atomic E-state index is 11.7. The van der Waals surface area contributed by atoms with Gasteiger partial charge < -0.3 is 4.74 Å². The number of fused-ring (bicyclic) bond motifs is 4. The molecule has 3 fully saturated rings. The van der Waals surface area contributed by atoms with Crippen molar-refractivity contribution < 1.29 is 9.53 Å². The molecule has 0 saturated carbocycles. The average molecular weight is 258 g/mol. The summed E-state index contributed by atoms with van der Waals surface area (Å²) in [6.45, 7) is 2.41. The summed E-state index contributed by atoms with van der Waals surface area (Å²) in [7, 11) is 0. The number of nitrogens with zero attached hydrogens (tertiary/aromatic N) is 2. The molecule has 0 radical (unpaired) electrons. The monoisotopic (exact) mass is 258 g/mol. The highest BCUT2D eigenvalue weighted by Gasteiger charge is 2.51. The second-order valence-corrected chi connectivity index (χ2v) is 5.75. The Morgan fingerprint density at radius 3 is 2.84 bits per heavy atom. The van der Waals surface area contributed by atoms with Gasteiger partial charge in [-0.05, 0) is 18.4 Å². The van der Waals surface area contributed by atoms with Gasteiger partial charge in [0.25, 0.3) is 0 Å². The molecule has 0 unspecified atom stereocenters. The first-order valence-electron chi connectivity index (χ1n) is 7.06. The third kappa shape index (κ3) is 1.74. The zero-order valence-electron chi connectivity index (χ0n) is 10.9. The summed E-state index contributed by atoms with van der Waals surface area (Å²) >= 11 is 0. The van der Waals surface area contributed by atoms with Crippen LogP contribution >= 0.6 is 0 Å². The Morgan fingerprint density at radius 1 is 1.16 bits per heavy atom. The van der Waals surface area contributed by atoms with Gasteiger partial charge in [-0.2, -0.15) is 0 Å². The minimum absolute atomic E-state index is 0.110. The lowest BCUT2D eigenvalue weighted by molar-refractivity contribution is 0.0522. The number of carbonyl (C=O) groups is 1. The molecule has 4 heteroatoms. The Labute approximate surface area is 112 Å². The van der Waals surface area contributed by atoms with Gasteiger partial charge in [0.15, 0.2) is 0 Å². The number of cyclic esters (lactones) is 1. The molecule has 0 aromatic heterocycles. The first-order valence-corrected chi connectivity index (χ1v) is 7.06. The zero-order chi connectivity index (χ0) is 12.8. The second-order valence-electron chi connectivity index (χ2n) is 5.75. The molecule has 0 N–H and O–H groups in total. The summed E-state index contributed by atoms with van der Waals surface area (Å²) in [5, 5.41) is 0. The molecule has 0 aliphatic carbocycles. The molecule has 4 rings (SSSR count). The summed E-state index contributed by atoms with van der Waals surface area (Å²) in [5.74, 6) is 0.